The van der Waals surface area contributed by atoms with Crippen molar-refractivity contribution < 1.29 is 14.3 Å². The molecular weight excluding hydrogens is 674 g/mol. The van der Waals surface area contributed by atoms with Crippen LogP contribution in [0.25, 0.3) is 0 Å². The van der Waals surface area contributed by atoms with Gasteiger partial charge in [0.15, 0.2) is 0 Å². The lowest BCUT2D eigenvalue weighted by atomic mass is 9.74. The number of halogens is 3. The van der Waals surface area contributed by atoms with E-state index in [-0.39, 0.29) is 30.0 Å². The third kappa shape index (κ3) is 4.20. The van der Waals surface area contributed by atoms with Crippen LogP contribution in [-0.4, -0.2) is 42.5 Å². The number of hydrogen-bond donors (Lipinski definition) is 3. The van der Waals surface area contributed by atoms with Gasteiger partial charge < -0.3 is 21.1 Å². The standard InChI is InChI=1S/C31H29Cl2IN4O3/c1-41-29(39)16-7-9-18(22(35)11-16)23-13-25-28(36-23)26(19-3-2-4-21(33)27(19)34)31(38(25)14-15-5-6-15)20-10-8-17(32)12-24(20)37-30(31)40/h2-4,7-12,15,23,25-26,28,36H,5-6,13-14,35H2,1H3,(H,37,40)/t23?,25-,26-,28+,31+/m0/s1. The van der Waals surface area contributed by atoms with Crippen LogP contribution >= 0.6 is 45.8 Å². The monoisotopic (exact) mass is 702 g/mol. The normalized spacial score (nSPS) is 28.5. The molecule has 3 aromatic rings. The molecule has 1 saturated carbocycles. The van der Waals surface area contributed by atoms with Gasteiger partial charge in [0.1, 0.15) is 5.54 Å². The average Bonchev–Trinajstić information content (AvgIpc) is 3.52. The molecule has 0 bridgehead atoms. The number of nitrogens with two attached hydrogens (primary N) is 1. The lowest BCUT2D eigenvalue weighted by Gasteiger charge is -2.41. The van der Waals surface area contributed by atoms with Gasteiger partial charge >= 0.3 is 5.97 Å². The Labute approximate surface area is 262 Å². The zero-order chi connectivity index (χ0) is 28.6. The summed E-state index contributed by atoms with van der Waals surface area (Å²) in [5.41, 5.74) is 10.3. The van der Waals surface area contributed by atoms with Gasteiger partial charge in [0.2, 0.25) is 5.91 Å². The number of nitrogens with one attached hydrogen (secondary N) is 2. The van der Waals surface area contributed by atoms with Crippen molar-refractivity contribution in [1.82, 2.24) is 10.2 Å². The number of fused-ring (bicyclic) bond motifs is 3. The molecule has 7 rings (SSSR count). The van der Waals surface area contributed by atoms with E-state index in [0.29, 0.717) is 27.2 Å². The van der Waals surface area contributed by atoms with E-state index in [1.54, 1.807) is 12.1 Å². The zero-order valence-electron chi connectivity index (χ0n) is 22.3. The highest BCUT2D eigenvalue weighted by Crippen LogP contribution is 2.61. The van der Waals surface area contributed by atoms with Crippen LogP contribution in [0.5, 0.6) is 0 Å². The Bertz CT molecular complexity index is 1600. The molecule has 4 N–H and O–H groups in total. The summed E-state index contributed by atoms with van der Waals surface area (Å²) in [6.07, 6.45) is 3.10. The second kappa shape index (κ2) is 10.1. The summed E-state index contributed by atoms with van der Waals surface area (Å²) in [6.45, 7) is 0.829. The van der Waals surface area contributed by atoms with E-state index < -0.39 is 11.5 Å². The quantitative estimate of drug-likeness (QED) is 0.169. The Hall–Kier alpha value is -2.37. The van der Waals surface area contributed by atoms with E-state index in [2.05, 4.69) is 44.2 Å². The Balaban J connectivity index is 1.38. The fourth-order valence-electron chi connectivity index (χ4n) is 7.42. The second-order valence-electron chi connectivity index (χ2n) is 11.5. The predicted molar refractivity (Wildman–Crippen MR) is 168 cm³/mol. The number of carbonyl (C=O) groups is 2. The smallest absolute Gasteiger partial charge is 0.337 e. The number of anilines is 2. The first kappa shape index (κ1) is 27.5. The third-order valence-corrected chi connectivity index (χ3v) is 11.4. The average molecular weight is 703 g/mol. The van der Waals surface area contributed by atoms with Crippen LogP contribution in [0, 0.1) is 9.49 Å². The molecule has 3 fully saturated rings. The number of ether oxygens (including phenoxy) is 1. The largest absolute Gasteiger partial charge is 0.465 e. The first-order valence-corrected chi connectivity index (χ1v) is 15.6. The molecule has 10 heteroatoms. The summed E-state index contributed by atoms with van der Waals surface area (Å²) in [7, 11) is 1.36. The number of carbonyl (C=O) groups excluding carboxylic acids is 2. The summed E-state index contributed by atoms with van der Waals surface area (Å²) in [5, 5.41) is 8.37. The molecule has 41 heavy (non-hydrogen) atoms. The number of amides is 1. The number of rotatable bonds is 5. The number of likely N-dealkylation sites (tertiary alicyclic amines) is 1. The van der Waals surface area contributed by atoms with Crippen molar-refractivity contribution in [3.63, 3.8) is 0 Å². The first-order chi connectivity index (χ1) is 19.7. The maximum absolute atomic E-state index is 14.4. The molecule has 2 saturated heterocycles. The summed E-state index contributed by atoms with van der Waals surface area (Å²) in [5.74, 6) is -0.110. The minimum Gasteiger partial charge on any atom is -0.465 e. The van der Waals surface area contributed by atoms with Crippen LogP contribution < -0.4 is 16.4 Å². The molecule has 212 valence electrons. The molecule has 7 nitrogen and oxygen atoms in total. The number of nitrogen functional groups attached to an aromatic ring is 1. The molecule has 1 spiro atoms. The highest BCUT2D eigenvalue weighted by atomic mass is 127. The molecule has 5 atom stereocenters. The maximum Gasteiger partial charge on any atom is 0.337 e. The maximum atomic E-state index is 14.4. The van der Waals surface area contributed by atoms with Gasteiger partial charge in [-0.05, 0) is 89.2 Å². The van der Waals surface area contributed by atoms with E-state index in [1.807, 2.05) is 36.4 Å². The number of benzene rings is 3. The van der Waals surface area contributed by atoms with Crippen molar-refractivity contribution >= 4 is 69.0 Å². The molecule has 0 radical (unpaired) electrons. The minimum atomic E-state index is -0.916. The highest BCUT2D eigenvalue weighted by molar-refractivity contribution is 14.1. The van der Waals surface area contributed by atoms with Gasteiger partial charge in [0.25, 0.3) is 0 Å². The van der Waals surface area contributed by atoms with Crippen molar-refractivity contribution in [3.05, 3.63) is 90.5 Å². The first-order valence-electron chi connectivity index (χ1n) is 13.8. The summed E-state index contributed by atoms with van der Waals surface area (Å²) in [4.78, 5) is 29.0. The van der Waals surface area contributed by atoms with Gasteiger partial charge in [-0.1, -0.05) is 47.5 Å². The predicted octanol–water partition coefficient (Wildman–Crippen LogP) is 6.10. The molecule has 3 aromatic carbocycles. The van der Waals surface area contributed by atoms with E-state index >= 15 is 0 Å². The SMILES string of the molecule is COC(=O)c1ccc(C2C[C@H]3[C@@H](N2)[C@H](c2cccc(Cl)c2I)[C@]2(C(=O)Nc4cc(Cl)ccc42)N3CC2CC2)c(N)c1. The fraction of sp³-hybridized carbons (Fsp3) is 0.355. The molecular formula is C31H29Cl2IN4O3. The third-order valence-electron chi connectivity index (χ3n) is 9.29. The van der Waals surface area contributed by atoms with Gasteiger partial charge in [-0.25, -0.2) is 4.79 Å². The van der Waals surface area contributed by atoms with E-state index in [0.717, 1.165) is 51.8 Å². The van der Waals surface area contributed by atoms with Gasteiger partial charge in [0, 0.05) is 56.1 Å². The van der Waals surface area contributed by atoms with E-state index in [1.165, 1.54) is 7.11 Å². The lowest BCUT2D eigenvalue weighted by Crippen LogP contribution is -2.53. The Kier molecular flexibility index (Phi) is 6.78. The number of esters is 1. The van der Waals surface area contributed by atoms with Gasteiger partial charge in [0.05, 0.1) is 17.7 Å². The van der Waals surface area contributed by atoms with Crippen molar-refractivity contribution in [2.75, 3.05) is 24.7 Å². The lowest BCUT2D eigenvalue weighted by molar-refractivity contribution is -0.128. The second-order valence-corrected chi connectivity index (χ2v) is 13.4. The Morgan fingerprint density at radius 1 is 1.15 bits per heavy atom. The molecule has 1 unspecified atom stereocenters. The topological polar surface area (TPSA) is 96.7 Å². The number of hydrogen-bond acceptors (Lipinski definition) is 6. The van der Waals surface area contributed by atoms with Crippen molar-refractivity contribution in [2.24, 2.45) is 5.92 Å². The molecule has 0 aromatic heterocycles. The van der Waals surface area contributed by atoms with E-state index in [4.69, 9.17) is 33.7 Å². The minimum absolute atomic E-state index is 0.0223. The number of methoxy groups -OCH3 is 1. The van der Waals surface area contributed by atoms with E-state index in [9.17, 15) is 9.59 Å². The van der Waals surface area contributed by atoms with Crippen molar-refractivity contribution in [3.8, 4) is 0 Å². The van der Waals surface area contributed by atoms with Crippen molar-refractivity contribution in [1.29, 1.82) is 0 Å². The molecule has 1 amide bonds. The van der Waals surface area contributed by atoms with Gasteiger partial charge in [-0.2, -0.15) is 0 Å². The Morgan fingerprint density at radius 2 is 1.95 bits per heavy atom. The van der Waals surface area contributed by atoms with Crippen LogP contribution in [0.2, 0.25) is 10.0 Å². The van der Waals surface area contributed by atoms with Gasteiger partial charge in [-0.3, -0.25) is 9.69 Å². The molecule has 3 heterocycles. The van der Waals surface area contributed by atoms with Gasteiger partial charge in [-0.15, -0.1) is 0 Å². The van der Waals surface area contributed by atoms with Crippen LogP contribution in [0.15, 0.2) is 54.6 Å². The molecule has 4 aliphatic rings. The summed E-state index contributed by atoms with van der Waals surface area (Å²) < 4.78 is 5.83. The van der Waals surface area contributed by atoms with Crippen LogP contribution in [-0.2, 0) is 15.1 Å². The van der Waals surface area contributed by atoms with Crippen molar-refractivity contribution in [2.45, 2.75) is 48.8 Å². The zero-order valence-corrected chi connectivity index (χ0v) is 26.0. The number of nitrogens with zero attached hydrogens (tertiary/aromatic N) is 1. The molecule has 3 aliphatic heterocycles. The van der Waals surface area contributed by atoms with Crippen LogP contribution in [0.3, 0.4) is 0 Å². The van der Waals surface area contributed by atoms with Crippen LogP contribution in [0.1, 0.15) is 58.3 Å². The summed E-state index contributed by atoms with van der Waals surface area (Å²) >= 11 is 15.4. The summed E-state index contributed by atoms with van der Waals surface area (Å²) in [6, 6.07) is 17.0. The fourth-order valence-corrected chi connectivity index (χ4v) is 8.46. The molecule has 1 aliphatic carbocycles. The Morgan fingerprint density at radius 3 is 2.68 bits per heavy atom. The highest BCUT2D eigenvalue weighted by Gasteiger charge is 2.69. The van der Waals surface area contributed by atoms with Crippen LogP contribution in [0.4, 0.5) is 11.4 Å².